The Morgan fingerprint density at radius 2 is 1.91 bits per heavy atom. The molecular formula is C24H20ClN3O3S. The molecule has 0 radical (unpaired) electrons. The number of benzene rings is 3. The van der Waals surface area contributed by atoms with E-state index in [1.807, 2.05) is 38.1 Å². The second-order valence-electron chi connectivity index (χ2n) is 7.05. The molecule has 0 saturated carbocycles. The summed E-state index contributed by atoms with van der Waals surface area (Å²) in [6.45, 7) is 4.46. The summed E-state index contributed by atoms with van der Waals surface area (Å²) in [6.07, 6.45) is 0. The maximum absolute atomic E-state index is 12.5. The molecule has 4 aromatic rings. The first-order chi connectivity index (χ1) is 15.4. The van der Waals surface area contributed by atoms with Gasteiger partial charge in [-0.25, -0.2) is 4.98 Å². The predicted octanol–water partition coefficient (Wildman–Crippen LogP) is 5.98. The number of hydrogen-bond acceptors (Lipinski definition) is 5. The highest BCUT2D eigenvalue weighted by atomic mass is 35.5. The fourth-order valence-electron chi connectivity index (χ4n) is 3.11. The predicted molar refractivity (Wildman–Crippen MR) is 130 cm³/mol. The average molecular weight is 466 g/mol. The maximum atomic E-state index is 12.5. The number of hydrogen-bond donors (Lipinski definition) is 2. The molecule has 3 aromatic carbocycles. The van der Waals surface area contributed by atoms with Crippen molar-refractivity contribution in [1.29, 1.82) is 0 Å². The zero-order valence-corrected chi connectivity index (χ0v) is 19.0. The molecule has 0 bridgehead atoms. The molecule has 0 fully saturated rings. The number of fused-ring (bicyclic) bond motifs is 1. The lowest BCUT2D eigenvalue weighted by Crippen LogP contribution is -2.34. The van der Waals surface area contributed by atoms with Crippen LogP contribution < -0.4 is 15.4 Å². The summed E-state index contributed by atoms with van der Waals surface area (Å²) in [5.41, 5.74) is 4.30. The molecule has 0 spiro atoms. The van der Waals surface area contributed by atoms with Crippen molar-refractivity contribution in [2.24, 2.45) is 0 Å². The fourth-order valence-corrected chi connectivity index (χ4v) is 3.48. The van der Waals surface area contributed by atoms with E-state index in [4.69, 9.17) is 33.0 Å². The summed E-state index contributed by atoms with van der Waals surface area (Å²) in [5, 5.41) is 6.19. The number of nitrogens with one attached hydrogen (secondary N) is 2. The molecule has 8 heteroatoms. The second kappa shape index (κ2) is 9.38. The van der Waals surface area contributed by atoms with Crippen molar-refractivity contribution in [2.45, 2.75) is 13.8 Å². The largest absolute Gasteiger partial charge is 0.494 e. The van der Waals surface area contributed by atoms with E-state index in [0.717, 1.165) is 16.6 Å². The minimum absolute atomic E-state index is 0.121. The molecule has 4 rings (SSSR count). The quantitative estimate of drug-likeness (QED) is 0.353. The van der Waals surface area contributed by atoms with Crippen molar-refractivity contribution in [2.75, 3.05) is 11.9 Å². The van der Waals surface area contributed by atoms with Crippen LogP contribution >= 0.6 is 23.8 Å². The number of rotatable bonds is 5. The third-order valence-electron chi connectivity index (χ3n) is 4.66. The molecule has 0 unspecified atom stereocenters. The van der Waals surface area contributed by atoms with Gasteiger partial charge in [0.05, 0.1) is 17.3 Å². The van der Waals surface area contributed by atoms with Gasteiger partial charge in [0.2, 0.25) is 5.89 Å². The van der Waals surface area contributed by atoms with Crippen molar-refractivity contribution in [3.05, 3.63) is 76.8 Å². The third kappa shape index (κ3) is 4.90. The lowest BCUT2D eigenvalue weighted by atomic mass is 10.2. The Morgan fingerprint density at radius 1 is 1.12 bits per heavy atom. The molecule has 0 saturated heterocycles. The van der Waals surface area contributed by atoms with Crippen LogP contribution in [-0.2, 0) is 0 Å². The maximum Gasteiger partial charge on any atom is 0.257 e. The molecule has 32 heavy (non-hydrogen) atoms. The van der Waals surface area contributed by atoms with Crippen molar-refractivity contribution >= 4 is 51.6 Å². The number of carbonyl (C=O) groups is 1. The molecule has 0 atom stereocenters. The van der Waals surface area contributed by atoms with Gasteiger partial charge in [-0.05, 0) is 86.2 Å². The molecule has 2 N–H and O–H groups in total. The molecule has 162 valence electrons. The van der Waals surface area contributed by atoms with Crippen LogP contribution in [0.1, 0.15) is 22.8 Å². The Balaban J connectivity index is 1.48. The summed E-state index contributed by atoms with van der Waals surface area (Å²) in [7, 11) is 0. The molecular weight excluding hydrogens is 446 g/mol. The normalized spacial score (nSPS) is 10.7. The number of ether oxygens (including phenoxy) is 1. The standard InChI is InChI=1S/C24H20ClN3O3S/c1-3-30-17-8-5-15(6-9-17)22(29)28-24(32)27-19-13-16(7-10-18(19)25)23-26-20-12-14(2)4-11-21(20)31-23/h4-13H,3H2,1-2H3,(H2,27,28,29,32). The van der Waals surface area contributed by atoms with E-state index in [0.29, 0.717) is 40.1 Å². The smallest absolute Gasteiger partial charge is 0.257 e. The van der Waals surface area contributed by atoms with Crippen LogP contribution in [0.3, 0.4) is 0 Å². The number of amides is 1. The summed E-state index contributed by atoms with van der Waals surface area (Å²) in [5.74, 6) is 0.824. The second-order valence-corrected chi connectivity index (χ2v) is 7.87. The van der Waals surface area contributed by atoms with E-state index in [2.05, 4.69) is 15.6 Å². The Kier molecular flexibility index (Phi) is 6.39. The van der Waals surface area contributed by atoms with E-state index < -0.39 is 0 Å². The Hall–Kier alpha value is -3.42. The first-order valence-electron chi connectivity index (χ1n) is 9.95. The van der Waals surface area contributed by atoms with Gasteiger partial charge in [0.1, 0.15) is 11.3 Å². The zero-order valence-electron chi connectivity index (χ0n) is 17.4. The van der Waals surface area contributed by atoms with Crippen molar-refractivity contribution in [3.63, 3.8) is 0 Å². The van der Waals surface area contributed by atoms with Gasteiger partial charge < -0.3 is 14.5 Å². The lowest BCUT2D eigenvalue weighted by molar-refractivity contribution is 0.0977. The van der Waals surface area contributed by atoms with Gasteiger partial charge in [-0.15, -0.1) is 0 Å². The molecule has 0 aliphatic heterocycles. The minimum Gasteiger partial charge on any atom is -0.494 e. The summed E-state index contributed by atoms with van der Waals surface area (Å²) < 4.78 is 11.3. The van der Waals surface area contributed by atoms with Gasteiger partial charge in [-0.1, -0.05) is 17.7 Å². The van der Waals surface area contributed by atoms with Crippen LogP contribution in [0.5, 0.6) is 5.75 Å². The molecule has 0 aliphatic carbocycles. The number of carbonyl (C=O) groups excluding carboxylic acids is 1. The number of aryl methyl sites for hydroxylation is 1. The summed E-state index contributed by atoms with van der Waals surface area (Å²) in [6, 6.07) is 17.9. The Bertz CT molecular complexity index is 1300. The zero-order chi connectivity index (χ0) is 22.7. The van der Waals surface area contributed by atoms with Gasteiger partial charge in [0.25, 0.3) is 5.91 Å². The van der Waals surface area contributed by atoms with E-state index in [1.54, 1.807) is 36.4 Å². The number of aromatic nitrogens is 1. The van der Waals surface area contributed by atoms with Crippen LogP contribution in [0, 0.1) is 6.92 Å². The van der Waals surface area contributed by atoms with Gasteiger partial charge in [-0.2, -0.15) is 0 Å². The molecule has 1 amide bonds. The fraction of sp³-hybridized carbons (Fsp3) is 0.125. The van der Waals surface area contributed by atoms with E-state index in [1.165, 1.54) is 0 Å². The summed E-state index contributed by atoms with van der Waals surface area (Å²) >= 11 is 11.6. The topological polar surface area (TPSA) is 76.4 Å². The van der Waals surface area contributed by atoms with Crippen LogP contribution in [0.2, 0.25) is 5.02 Å². The average Bonchev–Trinajstić information content (AvgIpc) is 3.19. The van der Waals surface area contributed by atoms with Gasteiger partial charge in [-0.3, -0.25) is 10.1 Å². The lowest BCUT2D eigenvalue weighted by Gasteiger charge is -2.12. The molecule has 0 aliphatic rings. The van der Waals surface area contributed by atoms with Crippen LogP contribution in [-0.4, -0.2) is 22.6 Å². The monoisotopic (exact) mass is 465 g/mol. The first kappa shape index (κ1) is 21.8. The van der Waals surface area contributed by atoms with Crippen LogP contribution in [0.4, 0.5) is 5.69 Å². The number of thiocarbonyl (C=S) groups is 1. The Labute approximate surface area is 195 Å². The Morgan fingerprint density at radius 3 is 2.66 bits per heavy atom. The third-order valence-corrected chi connectivity index (χ3v) is 5.19. The minimum atomic E-state index is -0.341. The van der Waals surface area contributed by atoms with Gasteiger partial charge >= 0.3 is 0 Å². The van der Waals surface area contributed by atoms with E-state index in [9.17, 15) is 4.79 Å². The van der Waals surface area contributed by atoms with Crippen molar-refractivity contribution in [3.8, 4) is 17.2 Å². The molecule has 1 heterocycles. The number of oxazole rings is 1. The molecule has 6 nitrogen and oxygen atoms in total. The highest BCUT2D eigenvalue weighted by Crippen LogP contribution is 2.30. The van der Waals surface area contributed by atoms with E-state index in [-0.39, 0.29) is 11.0 Å². The number of halogens is 1. The van der Waals surface area contributed by atoms with Gasteiger partial charge in [0, 0.05) is 11.1 Å². The molecule has 1 aromatic heterocycles. The summed E-state index contributed by atoms with van der Waals surface area (Å²) in [4.78, 5) is 17.0. The number of nitrogens with zero attached hydrogens (tertiary/aromatic N) is 1. The van der Waals surface area contributed by atoms with E-state index >= 15 is 0 Å². The SMILES string of the molecule is CCOc1ccc(C(=O)NC(=S)Nc2cc(-c3nc4cc(C)ccc4o3)ccc2Cl)cc1. The highest BCUT2D eigenvalue weighted by molar-refractivity contribution is 7.80. The van der Waals surface area contributed by atoms with Gasteiger partial charge in [0.15, 0.2) is 10.7 Å². The number of anilines is 1. The first-order valence-corrected chi connectivity index (χ1v) is 10.7. The highest BCUT2D eigenvalue weighted by Gasteiger charge is 2.13. The van der Waals surface area contributed by atoms with Crippen LogP contribution in [0.15, 0.2) is 65.1 Å². The van der Waals surface area contributed by atoms with Crippen molar-refractivity contribution < 1.29 is 13.9 Å². The van der Waals surface area contributed by atoms with Crippen LogP contribution in [0.25, 0.3) is 22.6 Å². The van der Waals surface area contributed by atoms with Crippen molar-refractivity contribution in [1.82, 2.24) is 10.3 Å².